The lowest BCUT2D eigenvalue weighted by Crippen LogP contribution is -2.11. The van der Waals surface area contributed by atoms with Gasteiger partial charge in [0.1, 0.15) is 0 Å². The van der Waals surface area contributed by atoms with E-state index in [-0.39, 0.29) is 4.90 Å². The standard InChI is InChI=1S/C15H13BrN2O2S/c16-13(10-12-4-2-1-3-5-12)11-18-14-6-8-15(9-7-14)21(17,19)20/h1-11H,(H2,17,19,20). The first-order valence-corrected chi connectivity index (χ1v) is 8.38. The van der Waals surface area contributed by atoms with E-state index in [1.807, 2.05) is 36.4 Å². The van der Waals surface area contributed by atoms with Gasteiger partial charge in [-0.25, -0.2) is 13.6 Å². The first-order chi connectivity index (χ1) is 9.95. The van der Waals surface area contributed by atoms with Gasteiger partial charge in [-0.3, -0.25) is 4.99 Å². The van der Waals surface area contributed by atoms with Crippen LogP contribution >= 0.6 is 15.9 Å². The third kappa shape index (κ3) is 4.93. The number of nitrogens with two attached hydrogens (primary N) is 1. The van der Waals surface area contributed by atoms with Crippen molar-refractivity contribution in [3.05, 3.63) is 64.6 Å². The second kappa shape index (κ2) is 6.80. The molecule has 0 unspecified atom stereocenters. The Bertz CT molecular complexity index is 767. The summed E-state index contributed by atoms with van der Waals surface area (Å²) in [6.45, 7) is 0. The number of nitrogens with zero attached hydrogens (tertiary/aromatic N) is 1. The largest absolute Gasteiger partial charge is 0.256 e. The number of halogens is 1. The Morgan fingerprint density at radius 2 is 1.67 bits per heavy atom. The van der Waals surface area contributed by atoms with Crippen LogP contribution in [-0.4, -0.2) is 14.6 Å². The van der Waals surface area contributed by atoms with Gasteiger partial charge in [0, 0.05) is 10.7 Å². The second-order valence-corrected chi connectivity index (χ2v) is 6.71. The number of hydrogen-bond acceptors (Lipinski definition) is 3. The average Bonchev–Trinajstić information content (AvgIpc) is 2.46. The fourth-order valence-corrected chi connectivity index (χ4v) is 2.49. The van der Waals surface area contributed by atoms with E-state index in [2.05, 4.69) is 20.9 Å². The molecule has 0 spiro atoms. The van der Waals surface area contributed by atoms with E-state index in [4.69, 9.17) is 5.14 Å². The number of sulfonamides is 1. The van der Waals surface area contributed by atoms with Gasteiger partial charge in [-0.05, 0) is 51.8 Å². The predicted molar refractivity (Wildman–Crippen MR) is 89.3 cm³/mol. The van der Waals surface area contributed by atoms with Gasteiger partial charge < -0.3 is 0 Å². The molecule has 6 heteroatoms. The minimum absolute atomic E-state index is 0.0698. The summed E-state index contributed by atoms with van der Waals surface area (Å²) in [5.74, 6) is 0. The number of benzene rings is 2. The molecule has 21 heavy (non-hydrogen) atoms. The van der Waals surface area contributed by atoms with Crippen LogP contribution in [0.5, 0.6) is 0 Å². The molecule has 0 saturated heterocycles. The molecule has 0 radical (unpaired) electrons. The van der Waals surface area contributed by atoms with Gasteiger partial charge in [0.25, 0.3) is 0 Å². The third-order valence-electron chi connectivity index (χ3n) is 2.61. The van der Waals surface area contributed by atoms with E-state index >= 15 is 0 Å². The summed E-state index contributed by atoms with van der Waals surface area (Å²) in [6, 6.07) is 15.9. The molecule has 0 atom stereocenters. The minimum atomic E-state index is -3.66. The fourth-order valence-electron chi connectivity index (χ4n) is 1.60. The van der Waals surface area contributed by atoms with E-state index in [9.17, 15) is 8.42 Å². The van der Waals surface area contributed by atoms with Crippen LogP contribution in [0.1, 0.15) is 5.56 Å². The van der Waals surface area contributed by atoms with Crippen molar-refractivity contribution in [2.75, 3.05) is 0 Å². The molecule has 2 rings (SSSR count). The van der Waals surface area contributed by atoms with Gasteiger partial charge in [0.2, 0.25) is 10.0 Å². The van der Waals surface area contributed by atoms with Crippen LogP contribution in [0.25, 0.3) is 6.08 Å². The Labute approximate surface area is 132 Å². The minimum Gasteiger partial charge on any atom is -0.256 e. The molecule has 0 saturated carbocycles. The van der Waals surface area contributed by atoms with Crippen LogP contribution in [0.15, 0.2) is 69.0 Å². The molecule has 2 N–H and O–H groups in total. The molecular weight excluding hydrogens is 352 g/mol. The van der Waals surface area contributed by atoms with E-state index < -0.39 is 10.0 Å². The molecule has 0 fully saturated rings. The zero-order valence-corrected chi connectivity index (χ0v) is 13.4. The molecule has 4 nitrogen and oxygen atoms in total. The molecule has 2 aromatic carbocycles. The number of primary sulfonamides is 1. The lowest BCUT2D eigenvalue weighted by Gasteiger charge is -1.98. The van der Waals surface area contributed by atoms with E-state index in [0.29, 0.717) is 5.69 Å². The van der Waals surface area contributed by atoms with Crippen LogP contribution in [0.4, 0.5) is 5.69 Å². The molecule has 0 aliphatic heterocycles. The third-order valence-corrected chi connectivity index (χ3v) is 3.97. The predicted octanol–water partition coefficient (Wildman–Crippen LogP) is 3.47. The lowest BCUT2D eigenvalue weighted by molar-refractivity contribution is 0.598. The Hall–Kier alpha value is -1.76. The number of hydrogen-bond donors (Lipinski definition) is 1. The van der Waals surface area contributed by atoms with Crippen molar-refractivity contribution in [1.82, 2.24) is 0 Å². The first-order valence-electron chi connectivity index (χ1n) is 6.04. The molecule has 0 aliphatic carbocycles. The van der Waals surface area contributed by atoms with Crippen molar-refractivity contribution in [1.29, 1.82) is 0 Å². The SMILES string of the molecule is NS(=O)(=O)c1ccc(N=CC(Br)=Cc2ccccc2)cc1. The molecule has 2 aromatic rings. The maximum absolute atomic E-state index is 11.1. The first kappa shape index (κ1) is 15.6. The number of aliphatic imine (C=N–C) groups is 1. The van der Waals surface area contributed by atoms with Gasteiger partial charge in [-0.15, -0.1) is 0 Å². The van der Waals surface area contributed by atoms with Crippen LogP contribution in [0.3, 0.4) is 0 Å². The summed E-state index contributed by atoms with van der Waals surface area (Å²) in [7, 11) is -3.66. The molecule has 108 valence electrons. The number of rotatable bonds is 4. The van der Waals surface area contributed by atoms with Crippen LogP contribution < -0.4 is 5.14 Å². The molecule has 0 amide bonds. The van der Waals surface area contributed by atoms with E-state index in [0.717, 1.165) is 10.0 Å². The Balaban J connectivity index is 2.13. The topological polar surface area (TPSA) is 72.5 Å². The quantitative estimate of drug-likeness (QED) is 0.843. The molecular formula is C15H13BrN2O2S. The monoisotopic (exact) mass is 364 g/mol. The summed E-state index contributed by atoms with van der Waals surface area (Å²) >= 11 is 3.41. The van der Waals surface area contributed by atoms with Crippen molar-refractivity contribution in [2.45, 2.75) is 4.90 Å². The van der Waals surface area contributed by atoms with Gasteiger partial charge in [0.05, 0.1) is 10.6 Å². The van der Waals surface area contributed by atoms with Gasteiger partial charge in [-0.1, -0.05) is 30.3 Å². The normalized spacial score (nSPS) is 12.8. The zero-order valence-electron chi connectivity index (χ0n) is 11.0. The lowest BCUT2D eigenvalue weighted by atomic mass is 10.2. The molecule has 0 heterocycles. The van der Waals surface area contributed by atoms with Crippen molar-refractivity contribution >= 4 is 43.9 Å². The highest BCUT2D eigenvalue weighted by atomic mass is 79.9. The zero-order chi connectivity index (χ0) is 15.3. The van der Waals surface area contributed by atoms with Crippen molar-refractivity contribution in [2.24, 2.45) is 10.1 Å². The summed E-state index contributed by atoms with van der Waals surface area (Å²) in [5, 5.41) is 5.03. The molecule has 0 bridgehead atoms. The van der Waals surface area contributed by atoms with Crippen LogP contribution in [-0.2, 0) is 10.0 Å². The maximum atomic E-state index is 11.1. The second-order valence-electron chi connectivity index (χ2n) is 4.24. The van der Waals surface area contributed by atoms with Crippen LogP contribution in [0, 0.1) is 0 Å². The van der Waals surface area contributed by atoms with Gasteiger partial charge in [0.15, 0.2) is 0 Å². The van der Waals surface area contributed by atoms with Crippen molar-refractivity contribution in [3.63, 3.8) is 0 Å². The summed E-state index contributed by atoms with van der Waals surface area (Å²) in [4.78, 5) is 4.32. The number of allylic oxidation sites excluding steroid dienone is 1. The van der Waals surface area contributed by atoms with Crippen LogP contribution in [0.2, 0.25) is 0 Å². The van der Waals surface area contributed by atoms with Crippen molar-refractivity contribution < 1.29 is 8.42 Å². The van der Waals surface area contributed by atoms with Gasteiger partial charge in [-0.2, -0.15) is 0 Å². The van der Waals surface area contributed by atoms with Crippen molar-refractivity contribution in [3.8, 4) is 0 Å². The Morgan fingerprint density at radius 3 is 2.24 bits per heavy atom. The van der Waals surface area contributed by atoms with Gasteiger partial charge >= 0.3 is 0 Å². The fraction of sp³-hybridized carbons (Fsp3) is 0. The van der Waals surface area contributed by atoms with E-state index in [1.54, 1.807) is 18.3 Å². The summed E-state index contributed by atoms with van der Waals surface area (Å²) < 4.78 is 23.1. The average molecular weight is 365 g/mol. The highest BCUT2D eigenvalue weighted by Crippen LogP contribution is 2.17. The smallest absolute Gasteiger partial charge is 0.238 e. The highest BCUT2D eigenvalue weighted by Gasteiger charge is 2.05. The maximum Gasteiger partial charge on any atom is 0.238 e. The Kier molecular flexibility index (Phi) is 5.06. The summed E-state index contributed by atoms with van der Waals surface area (Å²) in [6.07, 6.45) is 3.58. The molecule has 0 aliphatic rings. The highest BCUT2D eigenvalue weighted by molar-refractivity contribution is 9.12. The van der Waals surface area contributed by atoms with E-state index in [1.165, 1.54) is 12.1 Å². The Morgan fingerprint density at radius 1 is 1.05 bits per heavy atom. The molecule has 0 aromatic heterocycles. The summed E-state index contributed by atoms with van der Waals surface area (Å²) in [5.41, 5.74) is 1.70.